The third-order valence-electron chi connectivity index (χ3n) is 3.35. The number of fused-ring (bicyclic) bond motifs is 3. The normalized spacial score (nSPS) is 10.7. The van der Waals surface area contributed by atoms with Gasteiger partial charge < -0.3 is 13.6 Å². The fourth-order valence-corrected chi connectivity index (χ4v) is 2.46. The first kappa shape index (κ1) is 14.8. The van der Waals surface area contributed by atoms with Crippen LogP contribution in [0.1, 0.15) is 0 Å². The summed E-state index contributed by atoms with van der Waals surface area (Å²) in [5.74, 6) is 0. The maximum absolute atomic E-state index is 6.00. The first-order valence-electron chi connectivity index (χ1n) is 6.31. The van der Waals surface area contributed by atoms with E-state index in [1.54, 1.807) is 0 Å². The summed E-state index contributed by atoms with van der Waals surface area (Å²) in [5.41, 5.74) is 2.83. The third kappa shape index (κ3) is 2.68. The zero-order valence-electron chi connectivity index (χ0n) is 11.2. The van der Waals surface area contributed by atoms with Gasteiger partial charge in [-0.2, -0.15) is 0 Å². The van der Waals surface area contributed by atoms with E-state index in [9.17, 15) is 0 Å². The molecule has 0 unspecified atom stereocenters. The molecule has 0 atom stereocenters. The predicted octanol–water partition coefficient (Wildman–Crippen LogP) is 3.88. The maximum atomic E-state index is 6.00. The molecule has 0 amide bonds. The number of nitrogens with zero attached hydrogens (tertiary/aromatic N) is 2. The number of rotatable bonds is 1. The van der Waals surface area contributed by atoms with Crippen LogP contribution in [-0.4, -0.2) is 4.57 Å². The molecule has 0 aliphatic rings. The Balaban J connectivity index is 0.000000636. The SMILES string of the molecule is C[n+]1[c-]n(-c2cccc3c2oc2ccccc23)cc1.[Ag][I]. The van der Waals surface area contributed by atoms with Crippen molar-refractivity contribution >= 4 is 41.0 Å². The zero-order chi connectivity index (χ0) is 14.8. The minimum atomic E-state index is 0.899. The molecule has 5 heteroatoms. The molecule has 2 heterocycles. The van der Waals surface area contributed by atoms with Crippen molar-refractivity contribution in [2.45, 2.75) is 0 Å². The van der Waals surface area contributed by atoms with Gasteiger partial charge in [0.2, 0.25) is 6.33 Å². The van der Waals surface area contributed by atoms with Crippen LogP contribution < -0.4 is 4.57 Å². The van der Waals surface area contributed by atoms with Gasteiger partial charge in [0, 0.05) is 23.2 Å². The van der Waals surface area contributed by atoms with E-state index in [1.165, 1.54) is 0 Å². The van der Waals surface area contributed by atoms with Gasteiger partial charge in [0.1, 0.15) is 11.2 Å². The van der Waals surface area contributed by atoms with Gasteiger partial charge in [-0.3, -0.25) is 0 Å². The molecule has 21 heavy (non-hydrogen) atoms. The van der Waals surface area contributed by atoms with Gasteiger partial charge in [-0.15, -0.1) is 0 Å². The number of aromatic nitrogens is 2. The first-order chi connectivity index (χ1) is 10.3. The zero-order valence-corrected chi connectivity index (χ0v) is 14.8. The average Bonchev–Trinajstić information content (AvgIpc) is 3.12. The van der Waals surface area contributed by atoms with Crippen LogP contribution in [0.3, 0.4) is 0 Å². The summed E-state index contributed by atoms with van der Waals surface area (Å²) >= 11 is 4.88. The second kappa shape index (κ2) is 6.36. The fourth-order valence-electron chi connectivity index (χ4n) is 2.46. The van der Waals surface area contributed by atoms with Crippen molar-refractivity contribution in [3.05, 3.63) is 61.2 Å². The van der Waals surface area contributed by atoms with Gasteiger partial charge >= 0.3 is 36.3 Å². The molecule has 0 radical (unpaired) electrons. The fraction of sp³-hybridized carbons (Fsp3) is 0.0625. The van der Waals surface area contributed by atoms with E-state index in [2.05, 4.69) is 35.7 Å². The van der Waals surface area contributed by atoms with Gasteiger partial charge in [0.15, 0.2) is 0 Å². The molecule has 0 saturated heterocycles. The molecular formula is C16H12AgIN2O. The van der Waals surface area contributed by atoms with Crippen molar-refractivity contribution in [1.29, 1.82) is 0 Å². The van der Waals surface area contributed by atoms with E-state index in [0.29, 0.717) is 0 Å². The summed E-state index contributed by atoms with van der Waals surface area (Å²) < 4.78 is 9.84. The van der Waals surface area contributed by atoms with Crippen LogP contribution in [0.15, 0.2) is 59.3 Å². The van der Waals surface area contributed by atoms with E-state index < -0.39 is 0 Å². The third-order valence-corrected chi connectivity index (χ3v) is 3.35. The van der Waals surface area contributed by atoms with Crippen LogP contribution in [0.25, 0.3) is 27.6 Å². The topological polar surface area (TPSA) is 21.9 Å². The van der Waals surface area contributed by atoms with Crippen LogP contribution in [-0.2, 0) is 24.3 Å². The molecule has 3 nitrogen and oxygen atoms in total. The molecule has 0 aliphatic heterocycles. The monoisotopic (exact) mass is 482 g/mol. The molecule has 0 saturated carbocycles. The number of hydrogen-bond acceptors (Lipinski definition) is 1. The summed E-state index contributed by atoms with van der Waals surface area (Å²) in [4.78, 5) is 0. The van der Waals surface area contributed by atoms with Crippen molar-refractivity contribution in [3.8, 4) is 5.69 Å². The van der Waals surface area contributed by atoms with Crippen LogP contribution >= 0.6 is 19.0 Å². The molecule has 110 valence electrons. The number of furan rings is 1. The van der Waals surface area contributed by atoms with E-state index in [4.69, 9.17) is 4.42 Å². The van der Waals surface area contributed by atoms with Gasteiger partial charge in [-0.05, 0) is 6.07 Å². The van der Waals surface area contributed by atoms with Crippen molar-refractivity contribution in [2.24, 2.45) is 7.05 Å². The van der Waals surface area contributed by atoms with E-state index in [-0.39, 0.29) is 0 Å². The van der Waals surface area contributed by atoms with Gasteiger partial charge in [-0.25, -0.2) is 0 Å². The Hall–Kier alpha value is -1.08. The Morgan fingerprint density at radius 3 is 2.62 bits per heavy atom. The predicted molar refractivity (Wildman–Crippen MR) is 87.1 cm³/mol. The van der Waals surface area contributed by atoms with E-state index in [1.807, 2.05) is 77.9 Å². The van der Waals surface area contributed by atoms with E-state index >= 15 is 0 Å². The average molecular weight is 483 g/mol. The minimum absolute atomic E-state index is 0.899. The molecular weight excluding hydrogens is 471 g/mol. The van der Waals surface area contributed by atoms with Crippen molar-refractivity contribution in [2.75, 3.05) is 0 Å². The molecule has 0 fully saturated rings. The number of hydrogen-bond donors (Lipinski definition) is 0. The summed E-state index contributed by atoms with van der Waals surface area (Å²) in [6.07, 6.45) is 7.14. The summed E-state index contributed by atoms with van der Waals surface area (Å²) in [7, 11) is 1.95. The summed E-state index contributed by atoms with van der Waals surface area (Å²) in [5, 5.41) is 2.29. The van der Waals surface area contributed by atoms with Crippen molar-refractivity contribution in [1.82, 2.24) is 4.57 Å². The van der Waals surface area contributed by atoms with Crippen LogP contribution in [0.2, 0.25) is 0 Å². The molecule has 4 rings (SSSR count). The first-order valence-corrected chi connectivity index (χ1v) is 10.7. The number of benzene rings is 2. The molecule has 2 aromatic heterocycles. The van der Waals surface area contributed by atoms with Crippen molar-refractivity contribution in [3.63, 3.8) is 0 Å². The Labute approximate surface area is 145 Å². The van der Waals surface area contributed by atoms with Crippen molar-refractivity contribution < 1.29 is 26.2 Å². The summed E-state index contributed by atoms with van der Waals surface area (Å²) in [6.45, 7) is 0. The molecule has 4 aromatic rings. The van der Waals surface area contributed by atoms with Gasteiger partial charge in [-0.1, -0.05) is 36.4 Å². The molecule has 0 N–H and O–H groups in total. The van der Waals surface area contributed by atoms with Crippen LogP contribution in [0, 0.1) is 6.33 Å². The van der Waals surface area contributed by atoms with Crippen LogP contribution in [0.5, 0.6) is 0 Å². The Bertz CT molecular complexity index is 897. The Kier molecular flexibility index (Phi) is 4.49. The second-order valence-electron chi connectivity index (χ2n) is 4.63. The molecule has 0 spiro atoms. The Morgan fingerprint density at radius 1 is 1.10 bits per heavy atom. The standard InChI is InChI=1S/C16H12N2O.Ag.HI/c1-17-9-10-18(11-17)14-7-4-6-13-12-5-2-3-8-15(12)19-16(13)14;;/h2-10H,1H3;;1H/q;+1;/p-1. The van der Waals surface area contributed by atoms with E-state index in [0.717, 1.165) is 27.6 Å². The van der Waals surface area contributed by atoms with Crippen LogP contribution in [0.4, 0.5) is 0 Å². The molecule has 0 aliphatic carbocycles. The van der Waals surface area contributed by atoms with Gasteiger partial charge in [0.05, 0.1) is 12.7 Å². The Morgan fingerprint density at radius 2 is 1.86 bits per heavy atom. The quantitative estimate of drug-likeness (QED) is 0.175. The summed E-state index contributed by atoms with van der Waals surface area (Å²) in [6, 6.07) is 14.3. The van der Waals surface area contributed by atoms with Gasteiger partial charge in [0.25, 0.3) is 0 Å². The second-order valence-corrected chi connectivity index (χ2v) is 4.63. The molecule has 2 aromatic carbocycles. The molecule has 0 bridgehead atoms. The number of imidazole rings is 1. The number of halogens is 1. The number of aryl methyl sites for hydroxylation is 1. The number of para-hydroxylation sites is 2.